The largest absolute Gasteiger partial charge is 0.350 e. The first-order valence-electron chi connectivity index (χ1n) is 9.79. The van der Waals surface area contributed by atoms with Crippen molar-refractivity contribution in [3.05, 3.63) is 29.8 Å². The monoisotopic (exact) mass is 384 g/mol. The molecule has 0 atom stereocenters. The van der Waals surface area contributed by atoms with E-state index < -0.39 is 11.6 Å². The fraction of sp³-hybridized carbons (Fsp3) is 0.500. The minimum absolute atomic E-state index is 0.134. The number of imide groups is 1. The summed E-state index contributed by atoms with van der Waals surface area (Å²) in [6.45, 7) is 0.761. The lowest BCUT2D eigenvalue weighted by Gasteiger charge is -2.19. The number of hydrogen-bond acceptors (Lipinski definition) is 4. The highest BCUT2D eigenvalue weighted by Gasteiger charge is 2.52. The molecule has 2 aliphatic heterocycles. The molecule has 1 saturated carbocycles. The van der Waals surface area contributed by atoms with Crippen LogP contribution in [-0.2, 0) is 20.9 Å². The predicted molar refractivity (Wildman–Crippen MR) is 101 cm³/mol. The van der Waals surface area contributed by atoms with Crippen molar-refractivity contribution >= 4 is 29.4 Å². The van der Waals surface area contributed by atoms with E-state index in [9.17, 15) is 19.2 Å². The topological polar surface area (TPSA) is 98.8 Å². The molecule has 3 aliphatic rings. The first-order valence-corrected chi connectivity index (χ1v) is 9.79. The van der Waals surface area contributed by atoms with E-state index in [0.29, 0.717) is 25.8 Å². The number of carbonyl (C=O) groups is 4. The second-order valence-corrected chi connectivity index (χ2v) is 7.70. The Morgan fingerprint density at radius 3 is 2.43 bits per heavy atom. The van der Waals surface area contributed by atoms with Crippen molar-refractivity contribution in [2.45, 2.75) is 50.6 Å². The lowest BCUT2D eigenvalue weighted by Crippen LogP contribution is -2.45. The highest BCUT2D eigenvalue weighted by molar-refractivity contribution is 6.09. The molecular weight excluding hydrogens is 360 g/mol. The molecule has 1 spiro atoms. The number of rotatable bonds is 5. The average Bonchev–Trinajstić information content (AvgIpc) is 3.38. The maximum absolute atomic E-state index is 12.6. The van der Waals surface area contributed by atoms with E-state index in [0.717, 1.165) is 42.0 Å². The highest BCUT2D eigenvalue weighted by atomic mass is 16.2. The Morgan fingerprint density at radius 2 is 1.79 bits per heavy atom. The van der Waals surface area contributed by atoms with Crippen molar-refractivity contribution in [3.8, 4) is 0 Å². The number of benzene rings is 1. The quantitative estimate of drug-likeness (QED) is 0.748. The van der Waals surface area contributed by atoms with Crippen molar-refractivity contribution in [2.24, 2.45) is 0 Å². The number of anilines is 1. The molecule has 0 unspecified atom stereocenters. The fourth-order valence-electron chi connectivity index (χ4n) is 4.25. The predicted octanol–water partition coefficient (Wildman–Crippen LogP) is 1.29. The van der Waals surface area contributed by atoms with Crippen LogP contribution in [0.4, 0.5) is 10.5 Å². The normalized spacial score (nSPS) is 20.9. The van der Waals surface area contributed by atoms with E-state index in [1.807, 2.05) is 24.3 Å². The molecule has 5 amide bonds. The molecule has 8 heteroatoms. The SMILES string of the molecule is O=C(CN1C(=O)NC2(CCCC2)C1=O)NCc1ccc(N2CCCC2=O)cc1. The Balaban J connectivity index is 1.30. The molecule has 148 valence electrons. The number of hydrogen-bond donors (Lipinski definition) is 2. The van der Waals surface area contributed by atoms with Crippen LogP contribution in [0.25, 0.3) is 0 Å². The Bertz CT molecular complexity index is 814. The van der Waals surface area contributed by atoms with Crippen molar-refractivity contribution < 1.29 is 19.2 Å². The summed E-state index contributed by atoms with van der Waals surface area (Å²) in [7, 11) is 0. The number of nitrogens with zero attached hydrogens (tertiary/aromatic N) is 2. The second kappa shape index (κ2) is 7.26. The number of nitrogens with one attached hydrogen (secondary N) is 2. The van der Waals surface area contributed by atoms with Crippen LogP contribution in [0.15, 0.2) is 24.3 Å². The van der Waals surface area contributed by atoms with Crippen molar-refractivity contribution in [3.63, 3.8) is 0 Å². The zero-order chi connectivity index (χ0) is 19.7. The third-order valence-electron chi connectivity index (χ3n) is 5.82. The Morgan fingerprint density at radius 1 is 1.07 bits per heavy atom. The zero-order valence-corrected chi connectivity index (χ0v) is 15.7. The summed E-state index contributed by atoms with van der Waals surface area (Å²) >= 11 is 0. The number of amides is 5. The van der Waals surface area contributed by atoms with Crippen molar-refractivity contribution in [1.82, 2.24) is 15.5 Å². The summed E-state index contributed by atoms with van der Waals surface area (Å²) < 4.78 is 0. The van der Waals surface area contributed by atoms with Crippen LogP contribution in [0.1, 0.15) is 44.1 Å². The number of urea groups is 1. The van der Waals surface area contributed by atoms with Gasteiger partial charge < -0.3 is 15.5 Å². The molecular formula is C20H24N4O4. The summed E-state index contributed by atoms with van der Waals surface area (Å²) in [6, 6.07) is 6.98. The first-order chi connectivity index (χ1) is 13.5. The maximum atomic E-state index is 12.6. The molecule has 2 N–H and O–H groups in total. The van der Waals surface area contributed by atoms with Crippen molar-refractivity contribution in [2.75, 3.05) is 18.0 Å². The lowest BCUT2D eigenvalue weighted by atomic mass is 9.98. The van der Waals surface area contributed by atoms with E-state index in [1.54, 1.807) is 4.90 Å². The van der Waals surface area contributed by atoms with Crippen LogP contribution in [0.5, 0.6) is 0 Å². The first kappa shape index (κ1) is 18.5. The van der Waals surface area contributed by atoms with Gasteiger partial charge in [0.05, 0.1) is 0 Å². The van der Waals surface area contributed by atoms with Crippen molar-refractivity contribution in [1.29, 1.82) is 0 Å². The van der Waals surface area contributed by atoms with Gasteiger partial charge in [-0.15, -0.1) is 0 Å². The molecule has 0 aromatic heterocycles. The minimum Gasteiger partial charge on any atom is -0.350 e. The highest BCUT2D eigenvalue weighted by Crippen LogP contribution is 2.34. The summed E-state index contributed by atoms with van der Waals surface area (Å²) in [6.07, 6.45) is 4.56. The van der Waals surface area contributed by atoms with Gasteiger partial charge in [-0.3, -0.25) is 19.3 Å². The maximum Gasteiger partial charge on any atom is 0.325 e. The molecule has 1 aliphatic carbocycles. The summed E-state index contributed by atoms with van der Waals surface area (Å²) in [5, 5.41) is 5.52. The van der Waals surface area contributed by atoms with Crippen LogP contribution in [0.3, 0.4) is 0 Å². The van der Waals surface area contributed by atoms with E-state index in [-0.39, 0.29) is 24.3 Å². The molecule has 3 fully saturated rings. The van der Waals surface area contributed by atoms with Gasteiger partial charge >= 0.3 is 6.03 Å². The van der Waals surface area contributed by atoms with Crippen LogP contribution < -0.4 is 15.5 Å². The lowest BCUT2D eigenvalue weighted by molar-refractivity contribution is -0.134. The average molecular weight is 384 g/mol. The van der Waals surface area contributed by atoms with Gasteiger partial charge in [-0.25, -0.2) is 4.79 Å². The molecule has 4 rings (SSSR count). The Hall–Kier alpha value is -2.90. The van der Waals surface area contributed by atoms with Gasteiger partial charge in [0.15, 0.2) is 0 Å². The van der Waals surface area contributed by atoms with Gasteiger partial charge in [0.1, 0.15) is 12.1 Å². The molecule has 2 heterocycles. The van der Waals surface area contributed by atoms with Gasteiger partial charge in [0, 0.05) is 25.2 Å². The van der Waals surface area contributed by atoms with Gasteiger partial charge in [0.25, 0.3) is 5.91 Å². The third kappa shape index (κ3) is 3.34. The van der Waals surface area contributed by atoms with Crippen LogP contribution in [0, 0.1) is 0 Å². The van der Waals surface area contributed by atoms with Crippen LogP contribution in [-0.4, -0.2) is 47.3 Å². The Kier molecular flexibility index (Phi) is 4.78. The Labute approximate surface area is 163 Å². The van der Waals surface area contributed by atoms with Gasteiger partial charge in [-0.1, -0.05) is 25.0 Å². The molecule has 28 heavy (non-hydrogen) atoms. The summed E-state index contributed by atoms with van der Waals surface area (Å²) in [5.74, 6) is -0.531. The summed E-state index contributed by atoms with van der Waals surface area (Å²) in [4.78, 5) is 51.5. The molecule has 1 aromatic rings. The van der Waals surface area contributed by atoms with E-state index in [4.69, 9.17) is 0 Å². The summed E-state index contributed by atoms with van der Waals surface area (Å²) in [5.41, 5.74) is 0.951. The van der Waals surface area contributed by atoms with E-state index in [2.05, 4.69) is 10.6 Å². The third-order valence-corrected chi connectivity index (χ3v) is 5.82. The molecule has 0 bridgehead atoms. The second-order valence-electron chi connectivity index (χ2n) is 7.70. The molecule has 0 radical (unpaired) electrons. The molecule has 1 aromatic carbocycles. The minimum atomic E-state index is -0.791. The van der Waals surface area contributed by atoms with E-state index >= 15 is 0 Å². The van der Waals surface area contributed by atoms with E-state index in [1.165, 1.54) is 0 Å². The van der Waals surface area contributed by atoms with Gasteiger partial charge in [0.2, 0.25) is 11.8 Å². The smallest absolute Gasteiger partial charge is 0.325 e. The van der Waals surface area contributed by atoms with Gasteiger partial charge in [-0.2, -0.15) is 0 Å². The molecule has 8 nitrogen and oxygen atoms in total. The van der Waals surface area contributed by atoms with Crippen LogP contribution in [0.2, 0.25) is 0 Å². The standard InChI is InChI=1S/C20H24N4O4/c25-16(13-24-18(27)20(22-19(24)28)9-1-2-10-20)21-12-14-5-7-15(8-6-14)23-11-3-4-17(23)26/h5-8H,1-4,9-13H2,(H,21,25)(H,22,28). The molecule has 2 saturated heterocycles. The zero-order valence-electron chi connectivity index (χ0n) is 15.7. The van der Waals surface area contributed by atoms with Gasteiger partial charge in [-0.05, 0) is 37.0 Å². The number of carbonyl (C=O) groups excluding carboxylic acids is 4. The fourth-order valence-corrected chi connectivity index (χ4v) is 4.25. The van der Waals surface area contributed by atoms with Crippen LogP contribution >= 0.6 is 0 Å².